The molecule has 1 aromatic heterocycles. The first-order valence-corrected chi connectivity index (χ1v) is 7.13. The van der Waals surface area contributed by atoms with E-state index in [1.54, 1.807) is 13.0 Å². The van der Waals surface area contributed by atoms with E-state index in [1.165, 1.54) is 0 Å². The molecule has 0 spiro atoms. The molecule has 3 nitrogen and oxygen atoms in total. The molecule has 3 aromatic rings. The summed E-state index contributed by atoms with van der Waals surface area (Å²) in [6, 6.07) is 15.1. The third kappa shape index (κ3) is 2.41. The number of carbonyl (C=O) groups excluding carboxylic acids is 1. The van der Waals surface area contributed by atoms with Gasteiger partial charge in [0.25, 0.3) is 0 Å². The van der Waals surface area contributed by atoms with Gasteiger partial charge in [-0.1, -0.05) is 48.0 Å². The first-order valence-electron chi connectivity index (χ1n) is 6.75. The van der Waals surface area contributed by atoms with Crippen LogP contribution in [0.2, 0.25) is 5.02 Å². The molecule has 0 aliphatic rings. The summed E-state index contributed by atoms with van der Waals surface area (Å²) in [4.78, 5) is 15.6. The molecule has 0 fully saturated rings. The van der Waals surface area contributed by atoms with Crippen molar-refractivity contribution in [2.75, 3.05) is 6.61 Å². The Labute approximate surface area is 127 Å². The molecular weight excluding hydrogens is 286 g/mol. The second kappa shape index (κ2) is 5.62. The van der Waals surface area contributed by atoms with Crippen LogP contribution in [0.5, 0.6) is 0 Å². The number of hydrogen-bond acceptors (Lipinski definition) is 2. The predicted molar refractivity (Wildman–Crippen MR) is 84.7 cm³/mol. The van der Waals surface area contributed by atoms with Gasteiger partial charge in [0, 0.05) is 21.5 Å². The number of aromatic amines is 1. The van der Waals surface area contributed by atoms with E-state index >= 15 is 0 Å². The van der Waals surface area contributed by atoms with Crippen molar-refractivity contribution in [1.29, 1.82) is 0 Å². The second-order valence-corrected chi connectivity index (χ2v) is 5.03. The Morgan fingerprint density at radius 2 is 1.86 bits per heavy atom. The zero-order valence-corrected chi connectivity index (χ0v) is 12.3. The number of halogens is 1. The van der Waals surface area contributed by atoms with E-state index in [1.807, 2.05) is 42.5 Å². The number of H-pyrrole nitrogens is 1. The summed E-state index contributed by atoms with van der Waals surface area (Å²) in [7, 11) is 0. The molecule has 106 valence electrons. The van der Waals surface area contributed by atoms with E-state index < -0.39 is 0 Å². The third-order valence-corrected chi connectivity index (χ3v) is 3.66. The number of benzene rings is 2. The lowest BCUT2D eigenvalue weighted by molar-refractivity contribution is 0.0529. The van der Waals surface area contributed by atoms with Crippen LogP contribution in [0, 0.1) is 0 Å². The van der Waals surface area contributed by atoms with Crippen molar-refractivity contribution >= 4 is 28.5 Å². The first kappa shape index (κ1) is 13.7. The molecule has 1 heterocycles. The number of carbonyl (C=O) groups is 1. The smallest absolute Gasteiger partial charge is 0.340 e. The maximum absolute atomic E-state index is 12.3. The molecule has 4 heteroatoms. The number of hydrogen-bond donors (Lipinski definition) is 1. The van der Waals surface area contributed by atoms with E-state index in [2.05, 4.69) is 4.98 Å². The summed E-state index contributed by atoms with van der Waals surface area (Å²) in [6.07, 6.45) is 0. The maximum Gasteiger partial charge on any atom is 0.340 e. The maximum atomic E-state index is 12.3. The number of para-hydroxylation sites is 1. The number of fused-ring (bicyclic) bond motifs is 1. The molecule has 0 saturated carbocycles. The minimum absolute atomic E-state index is 0.334. The van der Waals surface area contributed by atoms with Gasteiger partial charge in [-0.05, 0) is 19.1 Å². The Morgan fingerprint density at radius 1 is 1.14 bits per heavy atom. The molecule has 2 aromatic carbocycles. The van der Waals surface area contributed by atoms with Crippen LogP contribution in [0.15, 0.2) is 48.5 Å². The van der Waals surface area contributed by atoms with Gasteiger partial charge in [-0.15, -0.1) is 0 Å². The van der Waals surface area contributed by atoms with Gasteiger partial charge in [-0.25, -0.2) is 4.79 Å². The van der Waals surface area contributed by atoms with Gasteiger partial charge < -0.3 is 9.72 Å². The van der Waals surface area contributed by atoms with Gasteiger partial charge >= 0.3 is 5.97 Å². The minimum atomic E-state index is -0.343. The molecule has 0 amide bonds. The van der Waals surface area contributed by atoms with Gasteiger partial charge in [-0.3, -0.25) is 0 Å². The zero-order valence-electron chi connectivity index (χ0n) is 11.5. The predicted octanol–water partition coefficient (Wildman–Crippen LogP) is 4.67. The van der Waals surface area contributed by atoms with E-state index in [4.69, 9.17) is 16.3 Å². The van der Waals surface area contributed by atoms with Crippen molar-refractivity contribution in [2.45, 2.75) is 6.92 Å². The summed E-state index contributed by atoms with van der Waals surface area (Å²) in [6.45, 7) is 2.13. The molecule has 0 aliphatic heterocycles. The lowest BCUT2D eigenvalue weighted by atomic mass is 10.1. The largest absolute Gasteiger partial charge is 0.462 e. The van der Waals surface area contributed by atoms with Gasteiger partial charge in [0.1, 0.15) is 0 Å². The highest BCUT2D eigenvalue weighted by molar-refractivity contribution is 6.33. The summed E-state index contributed by atoms with van der Waals surface area (Å²) in [5, 5.41) is 1.43. The number of ether oxygens (including phenoxy) is 1. The first-order chi connectivity index (χ1) is 10.2. The van der Waals surface area contributed by atoms with Crippen molar-refractivity contribution in [1.82, 2.24) is 4.98 Å². The second-order valence-electron chi connectivity index (χ2n) is 4.62. The quantitative estimate of drug-likeness (QED) is 0.714. The van der Waals surface area contributed by atoms with Crippen LogP contribution >= 0.6 is 11.6 Å². The van der Waals surface area contributed by atoms with E-state index in [0.29, 0.717) is 22.9 Å². The number of rotatable bonds is 3. The average Bonchev–Trinajstić information content (AvgIpc) is 2.87. The van der Waals surface area contributed by atoms with Crippen LogP contribution in [-0.2, 0) is 4.74 Å². The number of aromatic nitrogens is 1. The summed E-state index contributed by atoms with van der Waals surface area (Å²) < 4.78 is 5.19. The van der Waals surface area contributed by atoms with Crippen molar-refractivity contribution in [3.8, 4) is 11.3 Å². The van der Waals surface area contributed by atoms with E-state index in [-0.39, 0.29) is 5.97 Å². The standard InChI is InChI=1S/C17H14ClNO2/c1-2-21-17(20)15-12-8-4-6-10-14(12)19-16(15)11-7-3-5-9-13(11)18/h3-10,19H,2H2,1H3. The monoisotopic (exact) mass is 299 g/mol. The van der Waals surface area contributed by atoms with E-state index in [9.17, 15) is 4.79 Å². The van der Waals surface area contributed by atoms with Crippen LogP contribution in [-0.4, -0.2) is 17.6 Å². The Bertz CT molecular complexity index is 807. The van der Waals surface area contributed by atoms with Gasteiger partial charge in [-0.2, -0.15) is 0 Å². The molecular formula is C17H14ClNO2. The van der Waals surface area contributed by atoms with Crippen LogP contribution in [0.4, 0.5) is 0 Å². The summed E-state index contributed by atoms with van der Waals surface area (Å²) in [5.74, 6) is -0.343. The lowest BCUT2D eigenvalue weighted by Gasteiger charge is -2.06. The normalized spacial score (nSPS) is 10.8. The molecule has 1 N–H and O–H groups in total. The Balaban J connectivity index is 2.29. The van der Waals surface area contributed by atoms with Crippen molar-refractivity contribution in [3.05, 3.63) is 59.1 Å². The van der Waals surface area contributed by atoms with Gasteiger partial charge in [0.2, 0.25) is 0 Å². The highest BCUT2D eigenvalue weighted by atomic mass is 35.5. The zero-order chi connectivity index (χ0) is 14.8. The molecule has 0 saturated heterocycles. The summed E-state index contributed by atoms with van der Waals surface area (Å²) in [5.41, 5.74) is 2.90. The highest BCUT2D eigenvalue weighted by Gasteiger charge is 2.21. The van der Waals surface area contributed by atoms with Crippen molar-refractivity contribution in [2.24, 2.45) is 0 Å². The van der Waals surface area contributed by atoms with Crippen molar-refractivity contribution in [3.63, 3.8) is 0 Å². The molecule has 0 unspecified atom stereocenters. The molecule has 0 atom stereocenters. The van der Waals surface area contributed by atoms with Crippen LogP contribution < -0.4 is 0 Å². The lowest BCUT2D eigenvalue weighted by Crippen LogP contribution is -2.05. The topological polar surface area (TPSA) is 42.1 Å². The fraction of sp³-hybridized carbons (Fsp3) is 0.118. The highest BCUT2D eigenvalue weighted by Crippen LogP contribution is 2.34. The molecule has 0 radical (unpaired) electrons. The molecule has 0 bridgehead atoms. The number of nitrogens with one attached hydrogen (secondary N) is 1. The van der Waals surface area contributed by atoms with Gasteiger partial charge in [0.15, 0.2) is 0 Å². The molecule has 0 aliphatic carbocycles. The van der Waals surface area contributed by atoms with Crippen LogP contribution in [0.25, 0.3) is 22.2 Å². The third-order valence-electron chi connectivity index (χ3n) is 3.33. The van der Waals surface area contributed by atoms with Crippen molar-refractivity contribution < 1.29 is 9.53 Å². The van der Waals surface area contributed by atoms with E-state index in [0.717, 1.165) is 16.5 Å². The fourth-order valence-electron chi connectivity index (χ4n) is 2.42. The Hall–Kier alpha value is -2.26. The SMILES string of the molecule is CCOC(=O)c1c(-c2ccccc2Cl)[nH]c2ccccc12. The van der Waals surface area contributed by atoms with Crippen LogP contribution in [0.1, 0.15) is 17.3 Å². The fourth-order valence-corrected chi connectivity index (χ4v) is 2.65. The molecule has 3 rings (SSSR count). The Morgan fingerprint density at radius 3 is 2.62 bits per heavy atom. The minimum Gasteiger partial charge on any atom is -0.462 e. The number of esters is 1. The average molecular weight is 300 g/mol. The molecule has 21 heavy (non-hydrogen) atoms. The Kier molecular flexibility index (Phi) is 3.67. The van der Waals surface area contributed by atoms with Crippen LogP contribution in [0.3, 0.4) is 0 Å². The summed E-state index contributed by atoms with van der Waals surface area (Å²) >= 11 is 6.27. The van der Waals surface area contributed by atoms with Gasteiger partial charge in [0.05, 0.1) is 17.9 Å².